The second-order valence-electron chi connectivity index (χ2n) is 7.78. The van der Waals surface area contributed by atoms with Crippen LogP contribution in [0.25, 0.3) is 0 Å². The van der Waals surface area contributed by atoms with E-state index >= 15 is 0 Å². The average Bonchev–Trinajstić information content (AvgIpc) is 2.85. The van der Waals surface area contributed by atoms with Gasteiger partial charge >= 0.3 is 0 Å². The van der Waals surface area contributed by atoms with Gasteiger partial charge in [0.25, 0.3) is 0 Å². The Kier molecular flexibility index (Phi) is 4.81. The predicted molar refractivity (Wildman–Crippen MR) is 85.5 cm³/mol. The van der Waals surface area contributed by atoms with Crippen LogP contribution in [0.3, 0.4) is 0 Å². The smallest absolute Gasteiger partial charge is 0.171 e. The van der Waals surface area contributed by atoms with E-state index in [-0.39, 0.29) is 17.3 Å². The maximum Gasteiger partial charge on any atom is 0.171 e. The van der Waals surface area contributed by atoms with E-state index in [1.54, 1.807) is 0 Å². The van der Waals surface area contributed by atoms with Gasteiger partial charge in [-0.1, -0.05) is 6.92 Å². The van der Waals surface area contributed by atoms with Crippen molar-refractivity contribution in [3.05, 3.63) is 0 Å². The summed E-state index contributed by atoms with van der Waals surface area (Å²) in [5.41, 5.74) is -1.01. The van der Waals surface area contributed by atoms with Crippen LogP contribution in [0.4, 0.5) is 0 Å². The summed E-state index contributed by atoms with van der Waals surface area (Å²) in [6.07, 6.45) is 2.58. The lowest BCUT2D eigenvalue weighted by Crippen LogP contribution is -2.44. The molecule has 2 rings (SSSR count). The molecule has 2 atom stereocenters. The number of likely N-dealkylation sites (N-methyl/N-ethyl adjacent to an activating group) is 2. The van der Waals surface area contributed by atoms with Gasteiger partial charge in [0.1, 0.15) is 5.60 Å². The van der Waals surface area contributed by atoms with Gasteiger partial charge in [-0.05, 0) is 60.7 Å². The molecule has 4 heteroatoms. The molecule has 2 unspecified atom stereocenters. The Bertz CT molecular complexity index is 392. The Morgan fingerprint density at radius 1 is 1.29 bits per heavy atom. The van der Waals surface area contributed by atoms with Gasteiger partial charge in [-0.15, -0.1) is 0 Å². The van der Waals surface area contributed by atoms with Crippen molar-refractivity contribution in [3.8, 4) is 0 Å². The number of Topliss-reactive ketones (excluding diaryl/α,β-unsaturated/α-hetero) is 1. The molecule has 0 radical (unpaired) electrons. The van der Waals surface area contributed by atoms with Crippen molar-refractivity contribution >= 4 is 5.78 Å². The molecule has 0 bridgehead atoms. The van der Waals surface area contributed by atoms with Crippen LogP contribution in [0.1, 0.15) is 47.5 Å². The Balaban J connectivity index is 1.96. The summed E-state index contributed by atoms with van der Waals surface area (Å²) in [5.74, 6) is 0.215. The first-order valence-electron chi connectivity index (χ1n) is 8.34. The van der Waals surface area contributed by atoms with Crippen molar-refractivity contribution < 1.29 is 9.53 Å². The van der Waals surface area contributed by atoms with Crippen molar-refractivity contribution in [2.24, 2.45) is 5.92 Å². The number of nitrogens with zero attached hydrogens (tertiary/aromatic N) is 2. The van der Waals surface area contributed by atoms with Crippen LogP contribution in [0, 0.1) is 5.92 Å². The molecular formula is C17H32N2O2. The number of carbonyl (C=O) groups excluding carboxylic acids is 1. The molecule has 0 amide bonds. The highest BCUT2D eigenvalue weighted by atomic mass is 16.5. The summed E-state index contributed by atoms with van der Waals surface area (Å²) in [4.78, 5) is 17.5. The van der Waals surface area contributed by atoms with Gasteiger partial charge in [0.15, 0.2) is 5.78 Å². The van der Waals surface area contributed by atoms with E-state index in [9.17, 15) is 4.79 Å². The first kappa shape index (κ1) is 16.9. The maximum atomic E-state index is 12.6. The zero-order valence-electron chi connectivity index (χ0n) is 14.6. The van der Waals surface area contributed by atoms with E-state index in [4.69, 9.17) is 4.74 Å². The molecule has 2 heterocycles. The fourth-order valence-corrected chi connectivity index (χ4v) is 4.08. The highest BCUT2D eigenvalue weighted by molar-refractivity contribution is 5.91. The molecule has 21 heavy (non-hydrogen) atoms. The number of rotatable bonds is 5. The lowest BCUT2D eigenvalue weighted by molar-refractivity contribution is -0.132. The molecule has 0 N–H and O–H groups in total. The van der Waals surface area contributed by atoms with Gasteiger partial charge in [0, 0.05) is 19.1 Å². The normalized spacial score (nSPS) is 32.2. The van der Waals surface area contributed by atoms with Gasteiger partial charge in [-0.3, -0.25) is 9.69 Å². The fourth-order valence-electron chi connectivity index (χ4n) is 4.08. The van der Waals surface area contributed by atoms with Crippen LogP contribution in [0.5, 0.6) is 0 Å². The maximum absolute atomic E-state index is 12.6. The van der Waals surface area contributed by atoms with Crippen molar-refractivity contribution in [2.75, 3.05) is 33.2 Å². The Morgan fingerprint density at radius 3 is 2.48 bits per heavy atom. The SMILES string of the molecule is CCN1CCCC1CN(C)CC1C(=O)C(C)(C)OC1(C)C. The third kappa shape index (κ3) is 3.49. The molecule has 2 aliphatic heterocycles. The molecule has 0 aromatic heterocycles. The van der Waals surface area contributed by atoms with E-state index in [1.807, 2.05) is 27.7 Å². The number of carbonyl (C=O) groups is 1. The Morgan fingerprint density at radius 2 is 1.95 bits per heavy atom. The number of likely N-dealkylation sites (tertiary alicyclic amines) is 1. The van der Waals surface area contributed by atoms with Crippen LogP contribution in [-0.4, -0.2) is 66.1 Å². The third-order valence-corrected chi connectivity index (χ3v) is 5.19. The van der Waals surface area contributed by atoms with Crippen LogP contribution in [-0.2, 0) is 9.53 Å². The van der Waals surface area contributed by atoms with Crippen LogP contribution >= 0.6 is 0 Å². The average molecular weight is 296 g/mol. The standard InChI is InChI=1S/C17H32N2O2/c1-7-19-10-8-9-13(19)11-18(6)12-14-15(20)17(4,5)21-16(14,2)3/h13-14H,7-12H2,1-6H3. The minimum absolute atomic E-state index is 0.0334. The van der Waals surface area contributed by atoms with Crippen molar-refractivity contribution in [2.45, 2.75) is 64.7 Å². The van der Waals surface area contributed by atoms with E-state index in [0.717, 1.165) is 19.6 Å². The number of ketones is 1. The van der Waals surface area contributed by atoms with E-state index in [0.29, 0.717) is 6.04 Å². The number of hydrogen-bond acceptors (Lipinski definition) is 4. The van der Waals surface area contributed by atoms with Crippen molar-refractivity contribution in [1.82, 2.24) is 9.80 Å². The summed E-state index contributed by atoms with van der Waals surface area (Å²) < 4.78 is 5.99. The molecule has 0 aromatic rings. The summed E-state index contributed by atoms with van der Waals surface area (Å²) in [6.45, 7) is 14.3. The van der Waals surface area contributed by atoms with Crippen molar-refractivity contribution in [3.63, 3.8) is 0 Å². The molecule has 0 aliphatic carbocycles. The predicted octanol–water partition coefficient (Wildman–Crippen LogP) is 2.18. The van der Waals surface area contributed by atoms with Gasteiger partial charge in [0.05, 0.1) is 11.5 Å². The first-order valence-corrected chi connectivity index (χ1v) is 8.34. The van der Waals surface area contributed by atoms with E-state index in [1.165, 1.54) is 19.4 Å². The van der Waals surface area contributed by atoms with Crippen LogP contribution in [0.15, 0.2) is 0 Å². The minimum Gasteiger partial charge on any atom is -0.361 e. The largest absolute Gasteiger partial charge is 0.361 e. The summed E-state index contributed by atoms with van der Waals surface area (Å²) in [6, 6.07) is 0.647. The molecule has 0 saturated carbocycles. The monoisotopic (exact) mass is 296 g/mol. The molecule has 0 aromatic carbocycles. The molecule has 0 spiro atoms. The lowest BCUT2D eigenvalue weighted by atomic mass is 9.85. The Hall–Kier alpha value is -0.450. The summed E-state index contributed by atoms with van der Waals surface area (Å²) >= 11 is 0. The minimum atomic E-state index is -0.641. The molecule has 2 fully saturated rings. The zero-order chi connectivity index (χ0) is 15.8. The second kappa shape index (κ2) is 5.98. The van der Waals surface area contributed by atoms with E-state index in [2.05, 4.69) is 23.8 Å². The zero-order valence-corrected chi connectivity index (χ0v) is 14.6. The first-order chi connectivity index (χ1) is 9.67. The number of hydrogen-bond donors (Lipinski definition) is 0. The molecule has 4 nitrogen and oxygen atoms in total. The van der Waals surface area contributed by atoms with Crippen LogP contribution in [0.2, 0.25) is 0 Å². The lowest BCUT2D eigenvalue weighted by Gasteiger charge is -2.32. The topological polar surface area (TPSA) is 32.8 Å². The molecular weight excluding hydrogens is 264 g/mol. The van der Waals surface area contributed by atoms with Gasteiger partial charge < -0.3 is 9.64 Å². The second-order valence-corrected chi connectivity index (χ2v) is 7.78. The van der Waals surface area contributed by atoms with Crippen LogP contribution < -0.4 is 0 Å². The summed E-state index contributed by atoms with van der Waals surface area (Å²) in [5, 5.41) is 0. The fraction of sp³-hybridized carbons (Fsp3) is 0.941. The number of ether oxygens (including phenoxy) is 1. The third-order valence-electron chi connectivity index (χ3n) is 5.19. The highest BCUT2D eigenvalue weighted by Crippen LogP contribution is 2.39. The van der Waals surface area contributed by atoms with Gasteiger partial charge in [0.2, 0.25) is 0 Å². The molecule has 2 saturated heterocycles. The summed E-state index contributed by atoms with van der Waals surface area (Å²) in [7, 11) is 2.14. The Labute approximate surface area is 129 Å². The van der Waals surface area contributed by atoms with Gasteiger partial charge in [-0.25, -0.2) is 0 Å². The molecule has 122 valence electrons. The van der Waals surface area contributed by atoms with Crippen molar-refractivity contribution in [1.29, 1.82) is 0 Å². The van der Waals surface area contributed by atoms with E-state index < -0.39 is 5.60 Å². The van der Waals surface area contributed by atoms with Gasteiger partial charge in [-0.2, -0.15) is 0 Å². The highest BCUT2D eigenvalue weighted by Gasteiger charge is 2.53. The quantitative estimate of drug-likeness (QED) is 0.778. The molecule has 2 aliphatic rings.